The second-order valence-electron chi connectivity index (χ2n) is 6.36. The molecular formula is C21H16FN5O2S. The van der Waals surface area contributed by atoms with Crippen molar-refractivity contribution < 1.29 is 9.18 Å². The van der Waals surface area contributed by atoms with Crippen LogP contribution in [0.15, 0.2) is 70.7 Å². The number of aromatic nitrogens is 4. The fraction of sp³-hybridized carbons (Fsp3) is 0.0952. The Morgan fingerprint density at radius 3 is 2.67 bits per heavy atom. The molecular weight excluding hydrogens is 405 g/mol. The third-order valence-electron chi connectivity index (χ3n) is 4.22. The predicted molar refractivity (Wildman–Crippen MR) is 113 cm³/mol. The van der Waals surface area contributed by atoms with Crippen LogP contribution < -0.4 is 10.9 Å². The zero-order chi connectivity index (χ0) is 21.1. The van der Waals surface area contributed by atoms with E-state index in [9.17, 15) is 14.0 Å². The molecule has 150 valence electrons. The smallest absolute Gasteiger partial charge is 0.266 e. The minimum absolute atomic E-state index is 0.0590. The van der Waals surface area contributed by atoms with Gasteiger partial charge in [0.05, 0.1) is 22.3 Å². The average Bonchev–Trinajstić information content (AvgIpc) is 2.73. The number of thioether (sulfide) groups is 1. The molecule has 0 aliphatic carbocycles. The van der Waals surface area contributed by atoms with Crippen molar-refractivity contribution in [3.05, 3.63) is 82.7 Å². The van der Waals surface area contributed by atoms with E-state index in [0.29, 0.717) is 10.9 Å². The first-order valence-electron chi connectivity index (χ1n) is 9.02. The molecule has 2 aromatic carbocycles. The molecule has 0 fully saturated rings. The van der Waals surface area contributed by atoms with Gasteiger partial charge in [-0.25, -0.2) is 19.3 Å². The highest BCUT2D eigenvalue weighted by atomic mass is 32.2. The Hall–Kier alpha value is -3.59. The number of anilines is 1. The summed E-state index contributed by atoms with van der Waals surface area (Å²) in [6.07, 6.45) is 1.55. The fourth-order valence-corrected chi connectivity index (χ4v) is 3.66. The van der Waals surface area contributed by atoms with E-state index < -0.39 is 11.4 Å². The fourth-order valence-electron chi connectivity index (χ4n) is 2.85. The van der Waals surface area contributed by atoms with Crippen LogP contribution in [0.25, 0.3) is 16.6 Å². The summed E-state index contributed by atoms with van der Waals surface area (Å²) in [4.78, 5) is 38.1. The van der Waals surface area contributed by atoms with Gasteiger partial charge in [0.1, 0.15) is 5.82 Å². The molecule has 7 nitrogen and oxygen atoms in total. The van der Waals surface area contributed by atoms with Gasteiger partial charge in [-0.3, -0.25) is 19.5 Å². The summed E-state index contributed by atoms with van der Waals surface area (Å²) >= 11 is 1.03. The van der Waals surface area contributed by atoms with Gasteiger partial charge < -0.3 is 0 Å². The number of benzene rings is 2. The van der Waals surface area contributed by atoms with Crippen LogP contribution in [0.5, 0.6) is 0 Å². The number of fused-ring (bicyclic) bond motifs is 1. The van der Waals surface area contributed by atoms with Crippen molar-refractivity contribution in [1.29, 1.82) is 0 Å². The molecule has 9 heteroatoms. The molecule has 1 N–H and O–H groups in total. The Morgan fingerprint density at radius 1 is 1.10 bits per heavy atom. The standard InChI is InChI=1S/C21H16FN5O2S/c1-13-10-11-23-20(24-13)26-18(28)12-30-21-25-16-8-4-2-6-14(16)19(29)27(21)17-9-5-3-7-15(17)22/h2-11H,12H2,1H3,(H,23,24,26,28). The van der Waals surface area contributed by atoms with Gasteiger partial charge in [-0.1, -0.05) is 36.0 Å². The Balaban J connectivity index is 1.69. The molecule has 0 aliphatic rings. The van der Waals surface area contributed by atoms with Gasteiger partial charge in [-0.15, -0.1) is 0 Å². The van der Waals surface area contributed by atoms with Crippen molar-refractivity contribution in [2.24, 2.45) is 0 Å². The van der Waals surface area contributed by atoms with E-state index >= 15 is 0 Å². The minimum atomic E-state index is -0.559. The second kappa shape index (κ2) is 8.42. The number of aryl methyl sites for hydroxylation is 1. The molecule has 30 heavy (non-hydrogen) atoms. The molecule has 0 radical (unpaired) electrons. The van der Waals surface area contributed by atoms with Crippen LogP contribution in [0, 0.1) is 12.7 Å². The molecule has 0 aliphatic heterocycles. The maximum atomic E-state index is 14.5. The second-order valence-corrected chi connectivity index (χ2v) is 7.30. The van der Waals surface area contributed by atoms with Crippen LogP contribution in [-0.2, 0) is 4.79 Å². The number of carbonyl (C=O) groups is 1. The van der Waals surface area contributed by atoms with E-state index in [1.54, 1.807) is 55.6 Å². The molecule has 2 heterocycles. The molecule has 0 spiro atoms. The number of carbonyl (C=O) groups excluding carboxylic acids is 1. The normalized spacial score (nSPS) is 10.9. The van der Waals surface area contributed by atoms with Crippen LogP contribution in [0.1, 0.15) is 5.69 Å². The first-order valence-corrected chi connectivity index (χ1v) is 10.0. The summed E-state index contributed by atoms with van der Waals surface area (Å²) in [5, 5.41) is 3.18. The number of nitrogens with one attached hydrogen (secondary N) is 1. The minimum Gasteiger partial charge on any atom is -0.294 e. The third-order valence-corrected chi connectivity index (χ3v) is 5.16. The van der Waals surface area contributed by atoms with Crippen LogP contribution in [-0.4, -0.2) is 31.2 Å². The van der Waals surface area contributed by atoms with Gasteiger partial charge in [-0.05, 0) is 37.3 Å². The van der Waals surface area contributed by atoms with E-state index in [0.717, 1.165) is 17.5 Å². The summed E-state index contributed by atoms with van der Waals surface area (Å²) < 4.78 is 15.7. The van der Waals surface area contributed by atoms with Gasteiger partial charge in [0.2, 0.25) is 11.9 Å². The van der Waals surface area contributed by atoms with Crippen molar-refractivity contribution in [3.63, 3.8) is 0 Å². The Bertz CT molecular complexity index is 1310. The van der Waals surface area contributed by atoms with Crippen LogP contribution in [0.2, 0.25) is 0 Å². The van der Waals surface area contributed by atoms with Gasteiger partial charge in [0, 0.05) is 11.9 Å². The van der Waals surface area contributed by atoms with Crippen molar-refractivity contribution in [3.8, 4) is 5.69 Å². The van der Waals surface area contributed by atoms with E-state index in [2.05, 4.69) is 20.3 Å². The summed E-state index contributed by atoms with van der Waals surface area (Å²) in [5.41, 5.74) is 0.860. The lowest BCUT2D eigenvalue weighted by Gasteiger charge is -2.13. The quantitative estimate of drug-likeness (QED) is 0.393. The van der Waals surface area contributed by atoms with Crippen molar-refractivity contribution in [2.75, 3.05) is 11.1 Å². The van der Waals surface area contributed by atoms with E-state index in [1.165, 1.54) is 16.7 Å². The van der Waals surface area contributed by atoms with Crippen molar-refractivity contribution in [1.82, 2.24) is 19.5 Å². The summed E-state index contributed by atoms with van der Waals surface area (Å²) in [5.74, 6) is -0.793. The number of para-hydroxylation sites is 2. The zero-order valence-corrected chi connectivity index (χ0v) is 16.7. The number of rotatable bonds is 5. The number of hydrogen-bond donors (Lipinski definition) is 1. The number of nitrogens with zero attached hydrogens (tertiary/aromatic N) is 4. The molecule has 2 aromatic heterocycles. The zero-order valence-electron chi connectivity index (χ0n) is 15.9. The first-order chi connectivity index (χ1) is 14.5. The van der Waals surface area contributed by atoms with E-state index in [-0.39, 0.29) is 28.5 Å². The maximum Gasteiger partial charge on any atom is 0.266 e. The van der Waals surface area contributed by atoms with Crippen molar-refractivity contribution in [2.45, 2.75) is 12.1 Å². The lowest BCUT2D eigenvalue weighted by Crippen LogP contribution is -2.24. The molecule has 4 aromatic rings. The summed E-state index contributed by atoms with van der Waals surface area (Å²) in [7, 11) is 0. The molecule has 0 atom stereocenters. The monoisotopic (exact) mass is 421 g/mol. The molecule has 1 amide bonds. The molecule has 0 bridgehead atoms. The molecule has 4 rings (SSSR count). The Morgan fingerprint density at radius 2 is 1.87 bits per heavy atom. The predicted octanol–water partition coefficient (Wildman–Crippen LogP) is 3.35. The maximum absolute atomic E-state index is 14.5. The summed E-state index contributed by atoms with van der Waals surface area (Å²) in [6.45, 7) is 1.79. The molecule has 0 saturated heterocycles. The Labute approximate surface area is 175 Å². The molecule has 0 unspecified atom stereocenters. The summed E-state index contributed by atoms with van der Waals surface area (Å²) in [6, 6.07) is 14.5. The highest BCUT2D eigenvalue weighted by Gasteiger charge is 2.17. The van der Waals surface area contributed by atoms with Gasteiger partial charge >= 0.3 is 0 Å². The number of amides is 1. The van der Waals surface area contributed by atoms with Gasteiger partial charge in [-0.2, -0.15) is 0 Å². The van der Waals surface area contributed by atoms with Crippen LogP contribution in [0.4, 0.5) is 10.3 Å². The Kier molecular flexibility index (Phi) is 5.53. The highest BCUT2D eigenvalue weighted by Crippen LogP contribution is 2.23. The molecule has 0 saturated carbocycles. The van der Waals surface area contributed by atoms with E-state index in [4.69, 9.17) is 0 Å². The number of hydrogen-bond acceptors (Lipinski definition) is 6. The largest absolute Gasteiger partial charge is 0.294 e. The third kappa shape index (κ3) is 4.06. The first kappa shape index (κ1) is 19.7. The van der Waals surface area contributed by atoms with E-state index in [1.807, 2.05) is 0 Å². The lowest BCUT2D eigenvalue weighted by molar-refractivity contribution is -0.113. The van der Waals surface area contributed by atoms with Gasteiger partial charge in [0.15, 0.2) is 5.16 Å². The van der Waals surface area contributed by atoms with Gasteiger partial charge in [0.25, 0.3) is 5.56 Å². The van der Waals surface area contributed by atoms with Crippen molar-refractivity contribution >= 4 is 34.5 Å². The highest BCUT2D eigenvalue weighted by molar-refractivity contribution is 7.99. The SMILES string of the molecule is Cc1ccnc(NC(=O)CSc2nc3ccccc3c(=O)n2-c2ccccc2F)n1. The lowest BCUT2D eigenvalue weighted by atomic mass is 10.2. The van der Waals surface area contributed by atoms with Crippen LogP contribution >= 0.6 is 11.8 Å². The van der Waals surface area contributed by atoms with Crippen LogP contribution in [0.3, 0.4) is 0 Å². The average molecular weight is 421 g/mol. The topological polar surface area (TPSA) is 89.8 Å². The number of halogens is 1.